The number of hydrogen-bond acceptors (Lipinski definition) is 7. The number of aromatic nitrogens is 1. The summed E-state index contributed by atoms with van der Waals surface area (Å²) in [6.45, 7) is 7.02. The number of carbonyl (C=O) groups excluding carboxylic acids is 3. The van der Waals surface area contributed by atoms with E-state index in [9.17, 15) is 18.8 Å². The Labute approximate surface area is 233 Å². The molecule has 0 bridgehead atoms. The van der Waals surface area contributed by atoms with Crippen LogP contribution in [0.25, 0.3) is 0 Å². The highest BCUT2D eigenvalue weighted by atomic mass is 32.1. The molecule has 39 heavy (non-hydrogen) atoms. The van der Waals surface area contributed by atoms with Crippen molar-refractivity contribution in [3.8, 4) is 0 Å². The fourth-order valence-corrected chi connectivity index (χ4v) is 6.53. The lowest BCUT2D eigenvalue weighted by atomic mass is 9.87. The van der Waals surface area contributed by atoms with Crippen LogP contribution in [0.5, 0.6) is 0 Å². The van der Waals surface area contributed by atoms with Crippen LogP contribution in [-0.2, 0) is 16.0 Å². The summed E-state index contributed by atoms with van der Waals surface area (Å²) in [4.78, 5) is 46.4. The van der Waals surface area contributed by atoms with Gasteiger partial charge in [0.2, 0.25) is 5.91 Å². The number of amides is 3. The van der Waals surface area contributed by atoms with Crippen LogP contribution in [0.3, 0.4) is 0 Å². The number of hydrogen-bond donors (Lipinski definition) is 2. The van der Waals surface area contributed by atoms with E-state index in [0.29, 0.717) is 34.7 Å². The number of anilines is 1. The number of Topliss-reactive ketones (excluding diaryl/α,β-unsaturated/α-hetero) is 1. The van der Waals surface area contributed by atoms with Gasteiger partial charge in [0, 0.05) is 40.2 Å². The monoisotopic (exact) mass is 559 g/mol. The van der Waals surface area contributed by atoms with Crippen LogP contribution in [0.4, 0.5) is 14.3 Å². The van der Waals surface area contributed by atoms with E-state index in [1.54, 1.807) is 11.8 Å². The smallest absolute Gasteiger partial charge is 0.321 e. The molecule has 0 aliphatic carbocycles. The molecule has 3 heterocycles. The summed E-state index contributed by atoms with van der Waals surface area (Å²) >= 11 is 1.16. The number of ketones is 1. The van der Waals surface area contributed by atoms with E-state index >= 15 is 0 Å². The lowest BCUT2D eigenvalue weighted by Crippen LogP contribution is -2.57. The van der Waals surface area contributed by atoms with Gasteiger partial charge in [-0.25, -0.2) is 14.2 Å². The Balaban J connectivity index is 1.39. The van der Waals surface area contributed by atoms with Gasteiger partial charge in [0.25, 0.3) is 0 Å². The highest BCUT2D eigenvalue weighted by molar-refractivity contribution is 7.17. The van der Waals surface area contributed by atoms with Crippen molar-refractivity contribution < 1.29 is 23.5 Å². The molecular formula is C28H38FN5O4S. The van der Waals surface area contributed by atoms with Crippen molar-refractivity contribution in [2.24, 2.45) is 11.8 Å². The Hall–Kier alpha value is -2.89. The second-order valence-electron chi connectivity index (χ2n) is 10.6. The Morgan fingerprint density at radius 3 is 2.62 bits per heavy atom. The van der Waals surface area contributed by atoms with Crippen molar-refractivity contribution in [2.45, 2.75) is 45.6 Å². The van der Waals surface area contributed by atoms with E-state index in [0.717, 1.165) is 62.2 Å². The van der Waals surface area contributed by atoms with Crippen LogP contribution < -0.4 is 10.6 Å². The summed E-state index contributed by atoms with van der Waals surface area (Å²) in [6, 6.07) is 6.12. The first-order chi connectivity index (χ1) is 18.7. The molecule has 0 saturated carbocycles. The average molecular weight is 560 g/mol. The van der Waals surface area contributed by atoms with Gasteiger partial charge in [0.15, 0.2) is 10.9 Å². The third kappa shape index (κ3) is 8.06. The number of carbonyl (C=O) groups is 3. The highest BCUT2D eigenvalue weighted by Gasteiger charge is 2.34. The van der Waals surface area contributed by atoms with Crippen LogP contribution in [0.15, 0.2) is 24.3 Å². The number of aryl methyl sites for hydroxylation is 1. The minimum atomic E-state index is -0.400. The van der Waals surface area contributed by atoms with Gasteiger partial charge in [0.05, 0.1) is 16.6 Å². The molecular weight excluding hydrogens is 521 g/mol. The number of piperidine rings is 2. The number of thiazole rings is 1. The maximum Gasteiger partial charge on any atom is 0.321 e. The topological polar surface area (TPSA) is 104 Å². The van der Waals surface area contributed by atoms with Crippen LogP contribution in [0.2, 0.25) is 0 Å². The molecule has 0 unspecified atom stereocenters. The number of rotatable bonds is 9. The predicted molar refractivity (Wildman–Crippen MR) is 149 cm³/mol. The Morgan fingerprint density at radius 2 is 1.92 bits per heavy atom. The molecule has 2 aromatic rings. The number of halogens is 1. The maximum atomic E-state index is 13.3. The van der Waals surface area contributed by atoms with Gasteiger partial charge in [-0.05, 0) is 68.7 Å². The number of likely N-dealkylation sites (tertiary alicyclic amines) is 2. The zero-order valence-corrected chi connectivity index (χ0v) is 23.7. The Kier molecular flexibility index (Phi) is 10.0. The second-order valence-corrected chi connectivity index (χ2v) is 11.6. The van der Waals surface area contributed by atoms with Crippen molar-refractivity contribution in [3.05, 3.63) is 46.2 Å². The lowest BCUT2D eigenvalue weighted by Gasteiger charge is -2.42. The number of nitrogens with zero attached hydrogens (tertiary/aromatic N) is 3. The number of benzene rings is 1. The first-order valence-corrected chi connectivity index (χ1v) is 14.3. The van der Waals surface area contributed by atoms with Crippen molar-refractivity contribution in [3.63, 3.8) is 0 Å². The molecule has 3 atom stereocenters. The van der Waals surface area contributed by atoms with Crippen LogP contribution in [-0.4, -0.2) is 85.0 Å². The molecule has 2 saturated heterocycles. The lowest BCUT2D eigenvalue weighted by molar-refractivity contribution is -0.137. The molecule has 2 aliphatic rings. The minimum absolute atomic E-state index is 0.00693. The SMILES string of the molecule is COCC(=O)N1CC[C@@H](CN2CCC[C@@H](Cc3ccc(F)cc3)C2)[C@@H](NC(=O)Nc2nc(C)c(C(C)=O)s2)C1. The maximum absolute atomic E-state index is 13.3. The van der Waals surface area contributed by atoms with Gasteiger partial charge < -0.3 is 19.9 Å². The van der Waals surface area contributed by atoms with Crippen LogP contribution >= 0.6 is 11.3 Å². The Morgan fingerprint density at radius 1 is 1.15 bits per heavy atom. The van der Waals surface area contributed by atoms with Gasteiger partial charge >= 0.3 is 6.03 Å². The van der Waals surface area contributed by atoms with Crippen molar-refractivity contribution in [2.75, 3.05) is 51.8 Å². The molecule has 3 amide bonds. The summed E-state index contributed by atoms with van der Waals surface area (Å²) in [6.07, 6.45) is 3.92. The van der Waals surface area contributed by atoms with Gasteiger partial charge in [-0.3, -0.25) is 14.9 Å². The van der Waals surface area contributed by atoms with E-state index in [-0.39, 0.29) is 36.1 Å². The van der Waals surface area contributed by atoms with Crippen molar-refractivity contribution in [1.82, 2.24) is 20.1 Å². The third-order valence-corrected chi connectivity index (χ3v) is 8.74. The zero-order valence-electron chi connectivity index (χ0n) is 22.9. The average Bonchev–Trinajstić information content (AvgIpc) is 3.26. The molecule has 2 fully saturated rings. The first kappa shape index (κ1) is 29.1. The molecule has 4 rings (SSSR count). The van der Waals surface area contributed by atoms with Gasteiger partial charge in [-0.15, -0.1) is 0 Å². The molecule has 1 aromatic carbocycles. The number of ether oxygens (including phenoxy) is 1. The normalized spacial score (nSPS) is 21.9. The van der Waals surface area contributed by atoms with E-state index in [1.165, 1.54) is 26.2 Å². The van der Waals surface area contributed by atoms with Crippen molar-refractivity contribution >= 4 is 34.2 Å². The third-order valence-electron chi connectivity index (χ3n) is 7.56. The number of nitrogens with one attached hydrogen (secondary N) is 2. The van der Waals surface area contributed by atoms with E-state index < -0.39 is 6.03 Å². The Bertz CT molecular complexity index is 1160. The largest absolute Gasteiger partial charge is 0.375 e. The molecule has 11 heteroatoms. The standard InChI is InChI=1S/C28H38FN5O4S/c1-18-26(19(2)35)39-28(30-18)32-27(37)31-24-16-34(25(36)17-38-3)12-10-22(24)15-33-11-4-5-21(14-33)13-20-6-8-23(29)9-7-20/h6-9,21-22,24H,4-5,10-17H2,1-3H3,(H2,30,31,32,37)/t21-,22-,24-/m0/s1. The second kappa shape index (κ2) is 13.5. The van der Waals surface area contributed by atoms with E-state index in [1.807, 2.05) is 12.1 Å². The molecule has 9 nitrogen and oxygen atoms in total. The quantitative estimate of drug-likeness (QED) is 0.454. The van der Waals surface area contributed by atoms with Crippen LogP contribution in [0, 0.1) is 24.6 Å². The number of urea groups is 1. The molecule has 1 aromatic heterocycles. The van der Waals surface area contributed by atoms with Gasteiger partial charge in [-0.2, -0.15) is 0 Å². The summed E-state index contributed by atoms with van der Waals surface area (Å²) < 4.78 is 18.4. The first-order valence-electron chi connectivity index (χ1n) is 13.5. The summed E-state index contributed by atoms with van der Waals surface area (Å²) in [5.74, 6) is 0.259. The molecule has 0 spiro atoms. The van der Waals surface area contributed by atoms with Gasteiger partial charge in [-0.1, -0.05) is 23.5 Å². The molecule has 212 valence electrons. The highest BCUT2D eigenvalue weighted by Crippen LogP contribution is 2.26. The summed E-state index contributed by atoms with van der Waals surface area (Å²) in [5.41, 5.74) is 1.74. The molecule has 0 radical (unpaired) electrons. The van der Waals surface area contributed by atoms with Crippen LogP contribution in [0.1, 0.15) is 47.1 Å². The number of methoxy groups -OCH3 is 1. The van der Waals surface area contributed by atoms with Gasteiger partial charge in [0.1, 0.15) is 12.4 Å². The van der Waals surface area contributed by atoms with E-state index in [2.05, 4.69) is 20.5 Å². The van der Waals surface area contributed by atoms with E-state index in [4.69, 9.17) is 4.74 Å². The molecule has 2 aliphatic heterocycles. The predicted octanol–water partition coefficient (Wildman–Crippen LogP) is 3.73. The zero-order chi connectivity index (χ0) is 27.9. The summed E-state index contributed by atoms with van der Waals surface area (Å²) in [7, 11) is 1.50. The fraction of sp³-hybridized carbons (Fsp3) is 0.571. The summed E-state index contributed by atoms with van der Waals surface area (Å²) in [5, 5.41) is 6.23. The van der Waals surface area contributed by atoms with Crippen molar-refractivity contribution in [1.29, 1.82) is 0 Å². The fourth-order valence-electron chi connectivity index (χ4n) is 5.67. The minimum Gasteiger partial charge on any atom is -0.375 e. The molecule has 2 N–H and O–H groups in total.